The van der Waals surface area contributed by atoms with Crippen LogP contribution in [0.5, 0.6) is 5.75 Å². The Morgan fingerprint density at radius 2 is 1.94 bits per heavy atom. The molecule has 32 heavy (non-hydrogen) atoms. The molecule has 0 fully saturated rings. The predicted octanol–water partition coefficient (Wildman–Crippen LogP) is 5.19. The first kappa shape index (κ1) is 20.7. The number of rotatable bonds is 6. The van der Waals surface area contributed by atoms with Gasteiger partial charge in [0.05, 0.1) is 23.9 Å². The first-order chi connectivity index (χ1) is 15.6. The van der Waals surface area contributed by atoms with Gasteiger partial charge in [0.25, 0.3) is 5.56 Å². The van der Waals surface area contributed by atoms with Crippen LogP contribution in [0.4, 0.5) is 0 Å². The van der Waals surface area contributed by atoms with E-state index >= 15 is 0 Å². The van der Waals surface area contributed by atoms with Gasteiger partial charge in [0.1, 0.15) is 16.3 Å². The van der Waals surface area contributed by atoms with Crippen LogP contribution < -0.4 is 10.3 Å². The lowest BCUT2D eigenvalue weighted by molar-refractivity contribution is 0.416. The summed E-state index contributed by atoms with van der Waals surface area (Å²) in [6.45, 7) is 0. The summed E-state index contributed by atoms with van der Waals surface area (Å²) in [4.78, 5) is 19.7. The average Bonchev–Trinajstić information content (AvgIpc) is 3.45. The maximum Gasteiger partial charge on any atom is 0.268 e. The number of methoxy groups -OCH3 is 1. The zero-order chi connectivity index (χ0) is 22.1. The van der Waals surface area contributed by atoms with Gasteiger partial charge in [-0.15, -0.1) is 21.5 Å². The van der Waals surface area contributed by atoms with Gasteiger partial charge in [-0.3, -0.25) is 9.36 Å². The Hall–Kier alpha value is -3.14. The highest BCUT2D eigenvalue weighted by molar-refractivity contribution is 7.98. The first-order valence-corrected chi connectivity index (χ1v) is 11.8. The summed E-state index contributed by atoms with van der Waals surface area (Å²) < 4.78 is 8.11. The number of nitrogens with one attached hydrogen (secondary N) is 1. The van der Waals surface area contributed by atoms with Crippen LogP contribution in [0.2, 0.25) is 5.02 Å². The number of para-hydroxylation sites is 1. The molecular formula is C22H16ClN5O2S2. The molecule has 0 unspecified atom stereocenters. The van der Waals surface area contributed by atoms with Gasteiger partial charge in [-0.2, -0.15) is 0 Å². The van der Waals surface area contributed by atoms with E-state index in [1.165, 1.54) is 23.1 Å². The molecule has 10 heteroatoms. The van der Waals surface area contributed by atoms with E-state index in [1.807, 2.05) is 64.5 Å². The Kier molecular flexibility index (Phi) is 5.69. The minimum Gasteiger partial charge on any atom is -0.496 e. The van der Waals surface area contributed by atoms with Crippen molar-refractivity contribution in [2.45, 2.75) is 10.9 Å². The molecular weight excluding hydrogens is 466 g/mol. The van der Waals surface area contributed by atoms with E-state index in [0.29, 0.717) is 43.5 Å². The molecule has 0 radical (unpaired) electrons. The van der Waals surface area contributed by atoms with Crippen molar-refractivity contribution in [2.75, 3.05) is 7.11 Å². The fraction of sp³-hybridized carbons (Fsp3) is 0.0909. The molecule has 1 N–H and O–H groups in total. The smallest absolute Gasteiger partial charge is 0.268 e. The standard InChI is InChI=1S/C22H16ClN5O2S2/c1-30-17-5-3-2-4-15(17)20-26-27-22(28(20)14-8-6-13(23)7-9-14)32-12-18-24-16-10-11-31-19(16)21(29)25-18/h2-11H,12H2,1H3,(H,24,25,29). The van der Waals surface area contributed by atoms with Crippen LogP contribution in [-0.4, -0.2) is 31.8 Å². The average molecular weight is 482 g/mol. The summed E-state index contributed by atoms with van der Waals surface area (Å²) >= 11 is 8.92. The van der Waals surface area contributed by atoms with Crippen molar-refractivity contribution < 1.29 is 4.74 Å². The quantitative estimate of drug-likeness (QED) is 0.336. The molecule has 0 atom stereocenters. The number of aromatic nitrogens is 5. The molecule has 5 rings (SSSR count). The summed E-state index contributed by atoms with van der Waals surface area (Å²) in [6.07, 6.45) is 0. The van der Waals surface area contributed by atoms with Crippen LogP contribution in [0.1, 0.15) is 5.82 Å². The van der Waals surface area contributed by atoms with E-state index in [4.69, 9.17) is 16.3 Å². The minimum atomic E-state index is -0.130. The Bertz CT molecular complexity index is 1460. The Morgan fingerprint density at radius 1 is 1.12 bits per heavy atom. The van der Waals surface area contributed by atoms with Crippen molar-refractivity contribution in [3.05, 3.63) is 81.2 Å². The molecule has 160 valence electrons. The fourth-order valence-electron chi connectivity index (χ4n) is 3.31. The molecule has 2 aromatic carbocycles. The molecule has 0 saturated carbocycles. The molecule has 3 heterocycles. The van der Waals surface area contributed by atoms with Crippen molar-refractivity contribution in [2.24, 2.45) is 0 Å². The third-order valence-electron chi connectivity index (χ3n) is 4.77. The number of fused-ring (bicyclic) bond motifs is 1. The lowest BCUT2D eigenvalue weighted by atomic mass is 10.2. The summed E-state index contributed by atoms with van der Waals surface area (Å²) in [7, 11) is 1.63. The first-order valence-electron chi connectivity index (χ1n) is 9.58. The summed E-state index contributed by atoms with van der Waals surface area (Å²) in [6, 6.07) is 17.0. The van der Waals surface area contributed by atoms with Crippen LogP contribution in [0, 0.1) is 0 Å². The molecule has 3 aromatic heterocycles. The molecule has 7 nitrogen and oxygen atoms in total. The zero-order valence-corrected chi connectivity index (χ0v) is 19.2. The maximum atomic E-state index is 12.3. The van der Waals surface area contributed by atoms with Crippen LogP contribution in [-0.2, 0) is 5.75 Å². The molecule has 0 aliphatic carbocycles. The van der Waals surface area contributed by atoms with Crippen LogP contribution >= 0.6 is 34.7 Å². The monoisotopic (exact) mass is 481 g/mol. The second-order valence-electron chi connectivity index (χ2n) is 6.75. The molecule has 0 saturated heterocycles. The van der Waals surface area contributed by atoms with Gasteiger partial charge in [0, 0.05) is 10.7 Å². The number of halogens is 1. The zero-order valence-electron chi connectivity index (χ0n) is 16.8. The lowest BCUT2D eigenvalue weighted by Gasteiger charge is -2.12. The largest absolute Gasteiger partial charge is 0.496 e. The number of ether oxygens (including phenoxy) is 1. The van der Waals surface area contributed by atoms with Gasteiger partial charge in [0.15, 0.2) is 11.0 Å². The molecule has 0 aliphatic rings. The molecule has 0 aliphatic heterocycles. The Balaban J connectivity index is 1.56. The summed E-state index contributed by atoms with van der Waals surface area (Å²) in [5, 5.41) is 12.0. The van der Waals surface area contributed by atoms with E-state index in [0.717, 1.165) is 11.3 Å². The van der Waals surface area contributed by atoms with Gasteiger partial charge < -0.3 is 9.72 Å². The number of nitrogens with zero attached hydrogens (tertiary/aromatic N) is 4. The highest BCUT2D eigenvalue weighted by atomic mass is 35.5. The maximum absolute atomic E-state index is 12.3. The van der Waals surface area contributed by atoms with Crippen molar-refractivity contribution in [3.8, 4) is 22.8 Å². The number of thioether (sulfide) groups is 1. The van der Waals surface area contributed by atoms with E-state index in [1.54, 1.807) is 7.11 Å². The van der Waals surface area contributed by atoms with Crippen molar-refractivity contribution >= 4 is 44.9 Å². The van der Waals surface area contributed by atoms with Gasteiger partial charge in [-0.1, -0.05) is 35.5 Å². The highest BCUT2D eigenvalue weighted by Crippen LogP contribution is 2.34. The van der Waals surface area contributed by atoms with Crippen LogP contribution in [0.25, 0.3) is 27.3 Å². The number of hydrogen-bond donors (Lipinski definition) is 1. The third kappa shape index (κ3) is 3.90. The number of thiophene rings is 1. The third-order valence-corrected chi connectivity index (χ3v) is 6.86. The second kappa shape index (κ2) is 8.78. The Morgan fingerprint density at radius 3 is 2.75 bits per heavy atom. The molecule has 0 bridgehead atoms. The summed E-state index contributed by atoms with van der Waals surface area (Å²) in [5.41, 5.74) is 2.24. The second-order valence-corrected chi connectivity index (χ2v) is 9.05. The molecule has 0 amide bonds. The van der Waals surface area contributed by atoms with Crippen LogP contribution in [0.3, 0.4) is 0 Å². The van der Waals surface area contributed by atoms with E-state index in [2.05, 4.69) is 20.2 Å². The number of benzene rings is 2. The van der Waals surface area contributed by atoms with Gasteiger partial charge in [-0.05, 0) is 47.8 Å². The van der Waals surface area contributed by atoms with Crippen LogP contribution in [0.15, 0.2) is 69.9 Å². The van der Waals surface area contributed by atoms with E-state index in [-0.39, 0.29) is 5.56 Å². The van der Waals surface area contributed by atoms with Crippen molar-refractivity contribution in [1.29, 1.82) is 0 Å². The van der Waals surface area contributed by atoms with E-state index < -0.39 is 0 Å². The van der Waals surface area contributed by atoms with Gasteiger partial charge >= 0.3 is 0 Å². The number of hydrogen-bond acceptors (Lipinski definition) is 7. The fourth-order valence-corrected chi connectivity index (χ4v) is 4.99. The molecule has 0 spiro atoms. The van der Waals surface area contributed by atoms with Crippen molar-refractivity contribution in [3.63, 3.8) is 0 Å². The molecule has 5 aromatic rings. The minimum absolute atomic E-state index is 0.130. The highest BCUT2D eigenvalue weighted by Gasteiger charge is 2.19. The van der Waals surface area contributed by atoms with Gasteiger partial charge in [0.2, 0.25) is 0 Å². The normalized spacial score (nSPS) is 11.2. The van der Waals surface area contributed by atoms with Gasteiger partial charge in [-0.25, -0.2) is 4.98 Å². The number of H-pyrrole nitrogens is 1. The SMILES string of the molecule is COc1ccccc1-c1nnc(SCc2nc3ccsc3c(=O)[nH]2)n1-c1ccc(Cl)cc1. The van der Waals surface area contributed by atoms with E-state index in [9.17, 15) is 4.79 Å². The van der Waals surface area contributed by atoms with Crippen molar-refractivity contribution in [1.82, 2.24) is 24.7 Å². The Labute approximate surface area is 196 Å². The lowest BCUT2D eigenvalue weighted by Crippen LogP contribution is -2.09. The topological polar surface area (TPSA) is 85.7 Å². The predicted molar refractivity (Wildman–Crippen MR) is 128 cm³/mol. The number of aromatic amines is 1. The summed E-state index contributed by atoms with van der Waals surface area (Å²) in [5.74, 6) is 2.34.